The summed E-state index contributed by atoms with van der Waals surface area (Å²) in [6.45, 7) is 6.89. The zero-order valence-electron chi connectivity index (χ0n) is 13.1. The number of nitrogens with zero attached hydrogens (tertiary/aromatic N) is 2. The molecule has 0 aliphatic rings. The van der Waals surface area contributed by atoms with Gasteiger partial charge >= 0.3 is 0 Å². The lowest BCUT2D eigenvalue weighted by molar-refractivity contribution is 0.0785. The first kappa shape index (κ1) is 15.2. The Hall–Kier alpha value is -2.16. The molecule has 2 aromatic rings. The molecule has 0 aliphatic carbocycles. The number of hydrogen-bond acceptors (Lipinski definition) is 2. The summed E-state index contributed by atoms with van der Waals surface area (Å²) < 4.78 is 0. The molecule has 1 amide bonds. The third kappa shape index (κ3) is 3.91. The van der Waals surface area contributed by atoms with Crippen LogP contribution in [0.1, 0.15) is 42.4 Å². The summed E-state index contributed by atoms with van der Waals surface area (Å²) >= 11 is 0. The first-order valence-electron chi connectivity index (χ1n) is 7.14. The highest BCUT2D eigenvalue weighted by molar-refractivity contribution is 5.94. The van der Waals surface area contributed by atoms with Crippen LogP contribution < -0.4 is 0 Å². The quantitative estimate of drug-likeness (QED) is 0.861. The van der Waals surface area contributed by atoms with Crippen molar-refractivity contribution in [1.29, 1.82) is 0 Å². The maximum absolute atomic E-state index is 12.5. The number of carbonyl (C=O) groups excluding carboxylic acids is 1. The van der Waals surface area contributed by atoms with Crippen molar-refractivity contribution in [3.63, 3.8) is 0 Å². The Balaban J connectivity index is 2.16. The molecular formula is C18H22N2O. The van der Waals surface area contributed by atoms with E-state index in [2.05, 4.69) is 25.8 Å². The molecule has 1 heterocycles. The number of hydrogen-bond donors (Lipinski definition) is 0. The molecule has 0 unspecified atom stereocenters. The molecule has 0 atom stereocenters. The number of amides is 1. The van der Waals surface area contributed by atoms with Crippen LogP contribution in [0, 0.1) is 0 Å². The molecule has 1 aromatic carbocycles. The monoisotopic (exact) mass is 282 g/mol. The van der Waals surface area contributed by atoms with Gasteiger partial charge in [-0.1, -0.05) is 51.1 Å². The first-order chi connectivity index (χ1) is 9.88. The van der Waals surface area contributed by atoms with Crippen molar-refractivity contribution in [1.82, 2.24) is 9.88 Å². The van der Waals surface area contributed by atoms with Gasteiger partial charge in [-0.25, -0.2) is 0 Å². The van der Waals surface area contributed by atoms with Crippen molar-refractivity contribution in [3.05, 3.63) is 65.5 Å². The Morgan fingerprint density at radius 3 is 2.43 bits per heavy atom. The Labute approximate surface area is 126 Å². The first-order valence-corrected chi connectivity index (χ1v) is 7.14. The molecule has 110 valence electrons. The van der Waals surface area contributed by atoms with Gasteiger partial charge < -0.3 is 4.90 Å². The van der Waals surface area contributed by atoms with E-state index in [1.807, 2.05) is 43.4 Å². The van der Waals surface area contributed by atoms with E-state index in [0.29, 0.717) is 12.1 Å². The van der Waals surface area contributed by atoms with Crippen LogP contribution in [0.25, 0.3) is 0 Å². The smallest absolute Gasteiger partial charge is 0.254 e. The van der Waals surface area contributed by atoms with E-state index in [9.17, 15) is 4.79 Å². The van der Waals surface area contributed by atoms with Gasteiger partial charge in [-0.3, -0.25) is 9.78 Å². The fourth-order valence-corrected chi connectivity index (χ4v) is 2.12. The minimum absolute atomic E-state index is 0.0201. The number of aromatic nitrogens is 1. The lowest BCUT2D eigenvalue weighted by Gasteiger charge is -2.20. The minimum atomic E-state index is -0.0612. The highest BCUT2D eigenvalue weighted by Gasteiger charge is 2.18. The normalized spacial score (nSPS) is 11.2. The second-order valence-corrected chi connectivity index (χ2v) is 6.33. The lowest BCUT2D eigenvalue weighted by atomic mass is 9.91. The van der Waals surface area contributed by atoms with Crippen LogP contribution in [0.3, 0.4) is 0 Å². The molecule has 0 radical (unpaired) electrons. The van der Waals surface area contributed by atoms with Crippen LogP contribution in [0.4, 0.5) is 0 Å². The number of benzene rings is 1. The van der Waals surface area contributed by atoms with E-state index in [1.165, 1.54) is 0 Å². The average molecular weight is 282 g/mol. The van der Waals surface area contributed by atoms with Gasteiger partial charge in [0.1, 0.15) is 0 Å². The molecule has 0 saturated carbocycles. The van der Waals surface area contributed by atoms with Crippen molar-refractivity contribution in [2.45, 2.75) is 32.7 Å². The summed E-state index contributed by atoms with van der Waals surface area (Å²) in [6, 6.07) is 13.7. The van der Waals surface area contributed by atoms with Gasteiger partial charge in [0, 0.05) is 36.5 Å². The van der Waals surface area contributed by atoms with Gasteiger partial charge in [0.05, 0.1) is 0 Å². The fraction of sp³-hybridized carbons (Fsp3) is 0.333. The van der Waals surface area contributed by atoms with E-state index in [0.717, 1.165) is 11.3 Å². The van der Waals surface area contributed by atoms with Crippen LogP contribution in [0.2, 0.25) is 0 Å². The third-order valence-corrected chi connectivity index (χ3v) is 3.38. The molecule has 3 heteroatoms. The summed E-state index contributed by atoms with van der Waals surface area (Å²) in [5.41, 5.74) is 2.68. The molecule has 21 heavy (non-hydrogen) atoms. The Morgan fingerprint density at radius 2 is 1.81 bits per heavy atom. The van der Waals surface area contributed by atoms with Crippen molar-refractivity contribution in [3.8, 4) is 0 Å². The standard InChI is InChI=1S/C18H22N2O/c1-18(2,3)16-12-15(10-11-19-16)17(21)20(4)13-14-8-6-5-7-9-14/h5-12H,13H2,1-4H3. The summed E-state index contributed by atoms with van der Waals surface area (Å²) in [4.78, 5) is 18.6. The topological polar surface area (TPSA) is 33.2 Å². The van der Waals surface area contributed by atoms with E-state index in [1.54, 1.807) is 17.2 Å². The summed E-state index contributed by atoms with van der Waals surface area (Å²) in [7, 11) is 1.83. The lowest BCUT2D eigenvalue weighted by Crippen LogP contribution is -2.27. The Morgan fingerprint density at radius 1 is 1.14 bits per heavy atom. The van der Waals surface area contributed by atoms with Crippen LogP contribution in [0.15, 0.2) is 48.7 Å². The Kier molecular flexibility index (Phi) is 4.41. The summed E-state index contributed by atoms with van der Waals surface area (Å²) in [6.07, 6.45) is 1.71. The van der Waals surface area contributed by atoms with Gasteiger partial charge in [0.25, 0.3) is 5.91 Å². The highest BCUT2D eigenvalue weighted by Crippen LogP contribution is 2.21. The SMILES string of the molecule is CN(Cc1ccccc1)C(=O)c1ccnc(C(C)(C)C)c1. The van der Waals surface area contributed by atoms with Gasteiger partial charge in [-0.15, -0.1) is 0 Å². The molecule has 0 aliphatic heterocycles. The highest BCUT2D eigenvalue weighted by atomic mass is 16.2. The van der Waals surface area contributed by atoms with Crippen LogP contribution in [-0.4, -0.2) is 22.8 Å². The van der Waals surface area contributed by atoms with Crippen molar-refractivity contribution >= 4 is 5.91 Å². The van der Waals surface area contributed by atoms with Crippen molar-refractivity contribution < 1.29 is 4.79 Å². The summed E-state index contributed by atoms with van der Waals surface area (Å²) in [5.74, 6) is 0.0201. The number of rotatable bonds is 3. The average Bonchev–Trinajstić information content (AvgIpc) is 2.46. The van der Waals surface area contributed by atoms with E-state index in [4.69, 9.17) is 0 Å². The molecule has 0 bridgehead atoms. The van der Waals surface area contributed by atoms with Crippen molar-refractivity contribution in [2.24, 2.45) is 0 Å². The summed E-state index contributed by atoms with van der Waals surface area (Å²) in [5, 5.41) is 0. The third-order valence-electron chi connectivity index (χ3n) is 3.38. The maximum Gasteiger partial charge on any atom is 0.254 e. The molecule has 0 fully saturated rings. The van der Waals surface area contributed by atoms with Crippen LogP contribution in [0.5, 0.6) is 0 Å². The number of pyridine rings is 1. The maximum atomic E-state index is 12.5. The number of carbonyl (C=O) groups is 1. The second-order valence-electron chi connectivity index (χ2n) is 6.33. The molecular weight excluding hydrogens is 260 g/mol. The van der Waals surface area contributed by atoms with Crippen LogP contribution >= 0.6 is 0 Å². The fourth-order valence-electron chi connectivity index (χ4n) is 2.12. The van der Waals surface area contributed by atoms with Gasteiger partial charge in [-0.2, -0.15) is 0 Å². The Bertz CT molecular complexity index is 615. The van der Waals surface area contributed by atoms with Gasteiger partial charge in [0.15, 0.2) is 0 Å². The molecule has 1 aromatic heterocycles. The van der Waals surface area contributed by atoms with E-state index < -0.39 is 0 Å². The van der Waals surface area contributed by atoms with Gasteiger partial charge in [-0.05, 0) is 17.7 Å². The van der Waals surface area contributed by atoms with E-state index in [-0.39, 0.29) is 11.3 Å². The second kappa shape index (κ2) is 6.08. The molecule has 0 spiro atoms. The zero-order valence-corrected chi connectivity index (χ0v) is 13.1. The van der Waals surface area contributed by atoms with Gasteiger partial charge in [0.2, 0.25) is 0 Å². The van der Waals surface area contributed by atoms with Crippen molar-refractivity contribution in [2.75, 3.05) is 7.05 Å². The largest absolute Gasteiger partial charge is 0.337 e. The predicted octanol–water partition coefficient (Wildman–Crippen LogP) is 3.65. The molecule has 2 rings (SSSR count). The zero-order chi connectivity index (χ0) is 15.5. The molecule has 0 N–H and O–H groups in total. The van der Waals surface area contributed by atoms with E-state index >= 15 is 0 Å². The van der Waals surface area contributed by atoms with Crippen LogP contribution in [-0.2, 0) is 12.0 Å². The molecule has 0 saturated heterocycles. The minimum Gasteiger partial charge on any atom is -0.337 e. The predicted molar refractivity (Wildman–Crippen MR) is 85.2 cm³/mol. The molecule has 3 nitrogen and oxygen atoms in total.